The summed E-state index contributed by atoms with van der Waals surface area (Å²) in [4.78, 5) is 2.45. The van der Waals surface area contributed by atoms with E-state index in [1.165, 1.54) is 66.1 Å². The summed E-state index contributed by atoms with van der Waals surface area (Å²) in [7, 11) is 0. The average molecular weight is 704 g/mol. The topological polar surface area (TPSA) is 16.4 Å². The lowest BCUT2D eigenvalue weighted by Gasteiger charge is -2.31. The minimum absolute atomic E-state index is 0.151. The molecule has 1 aliphatic rings. The van der Waals surface area contributed by atoms with Gasteiger partial charge in [-0.05, 0) is 103 Å². The summed E-state index contributed by atoms with van der Waals surface area (Å²) < 4.78 is 6.54. The fourth-order valence-electron chi connectivity index (χ4n) is 9.17. The number of rotatable bonds is 5. The van der Waals surface area contributed by atoms with Crippen LogP contribution >= 0.6 is 0 Å². The van der Waals surface area contributed by atoms with Gasteiger partial charge in [0, 0.05) is 39.2 Å². The molecule has 10 aromatic rings. The van der Waals surface area contributed by atoms with Crippen LogP contribution in [0.1, 0.15) is 25.0 Å². The predicted octanol–water partition coefficient (Wildman–Crippen LogP) is 15.0. The second kappa shape index (κ2) is 12.1. The Bertz CT molecular complexity index is 3140. The fraction of sp³-hybridized carbons (Fsp3) is 0.0566. The Morgan fingerprint density at radius 1 is 0.400 bits per heavy atom. The van der Waals surface area contributed by atoms with E-state index in [1.807, 2.05) is 6.07 Å². The highest BCUT2D eigenvalue weighted by molar-refractivity contribution is 6.08. The van der Waals surface area contributed by atoms with E-state index in [0.29, 0.717) is 0 Å². The van der Waals surface area contributed by atoms with Crippen LogP contribution in [0, 0.1) is 0 Å². The molecule has 1 heterocycles. The molecule has 0 unspecified atom stereocenters. The molecule has 55 heavy (non-hydrogen) atoms. The molecule has 0 radical (unpaired) electrons. The summed E-state index contributed by atoms with van der Waals surface area (Å²) in [5, 5.41) is 7.14. The first-order chi connectivity index (χ1) is 27.0. The second-order valence-corrected chi connectivity index (χ2v) is 15.3. The Hall–Kier alpha value is -6.90. The summed E-state index contributed by atoms with van der Waals surface area (Å²) in [5.41, 5.74) is 14.9. The zero-order valence-corrected chi connectivity index (χ0v) is 30.8. The minimum Gasteiger partial charge on any atom is -0.456 e. The summed E-state index contributed by atoms with van der Waals surface area (Å²) in [6, 6.07) is 68.7. The Kier molecular flexibility index (Phi) is 6.93. The van der Waals surface area contributed by atoms with E-state index in [4.69, 9.17) is 4.42 Å². The van der Waals surface area contributed by atoms with Gasteiger partial charge in [0.2, 0.25) is 0 Å². The van der Waals surface area contributed by atoms with E-state index in [-0.39, 0.29) is 5.41 Å². The molecule has 0 atom stereocenters. The van der Waals surface area contributed by atoms with Crippen molar-refractivity contribution in [2.75, 3.05) is 4.90 Å². The van der Waals surface area contributed by atoms with Crippen molar-refractivity contribution in [3.8, 4) is 33.4 Å². The Balaban J connectivity index is 1.22. The van der Waals surface area contributed by atoms with E-state index < -0.39 is 0 Å². The largest absolute Gasteiger partial charge is 0.456 e. The summed E-state index contributed by atoms with van der Waals surface area (Å²) >= 11 is 0. The van der Waals surface area contributed by atoms with Crippen LogP contribution in [0.15, 0.2) is 192 Å². The highest BCUT2D eigenvalue weighted by Crippen LogP contribution is 2.52. The van der Waals surface area contributed by atoms with Gasteiger partial charge in [0.25, 0.3) is 0 Å². The lowest BCUT2D eigenvalue weighted by molar-refractivity contribution is 0.660. The maximum absolute atomic E-state index is 6.54. The van der Waals surface area contributed by atoms with Crippen molar-refractivity contribution < 1.29 is 4.42 Å². The van der Waals surface area contributed by atoms with Crippen LogP contribution in [-0.4, -0.2) is 0 Å². The summed E-state index contributed by atoms with van der Waals surface area (Å²) in [5.74, 6) is 0. The molecule has 0 aliphatic heterocycles. The monoisotopic (exact) mass is 703 g/mol. The Morgan fingerprint density at radius 2 is 1.04 bits per heavy atom. The summed E-state index contributed by atoms with van der Waals surface area (Å²) in [6.07, 6.45) is 0. The first-order valence-corrected chi connectivity index (χ1v) is 19.1. The average Bonchev–Trinajstić information content (AvgIpc) is 3.71. The molecule has 1 aromatic heterocycles. The number of para-hydroxylation sites is 1. The molecule has 11 rings (SSSR count). The number of furan rings is 1. The zero-order valence-electron chi connectivity index (χ0n) is 30.8. The molecule has 0 spiro atoms. The quantitative estimate of drug-likeness (QED) is 0.177. The number of anilines is 3. The zero-order chi connectivity index (χ0) is 36.7. The lowest BCUT2D eigenvalue weighted by Crippen LogP contribution is -2.17. The van der Waals surface area contributed by atoms with Crippen LogP contribution in [0.5, 0.6) is 0 Å². The molecule has 0 saturated carbocycles. The first-order valence-electron chi connectivity index (χ1n) is 19.1. The molecule has 0 saturated heterocycles. The molecule has 0 fully saturated rings. The van der Waals surface area contributed by atoms with Gasteiger partial charge in [-0.25, -0.2) is 0 Å². The molecule has 2 heteroatoms. The smallest absolute Gasteiger partial charge is 0.137 e. The van der Waals surface area contributed by atoms with Crippen molar-refractivity contribution >= 4 is 60.5 Å². The molecule has 0 N–H and O–H groups in total. The number of hydrogen-bond donors (Lipinski definition) is 0. The molecule has 2 nitrogen and oxygen atoms in total. The van der Waals surface area contributed by atoms with Gasteiger partial charge in [-0.3, -0.25) is 0 Å². The van der Waals surface area contributed by atoms with Gasteiger partial charge in [0.1, 0.15) is 11.2 Å². The van der Waals surface area contributed by atoms with Gasteiger partial charge in [0.05, 0.1) is 5.69 Å². The van der Waals surface area contributed by atoms with Gasteiger partial charge in [-0.2, -0.15) is 0 Å². The maximum atomic E-state index is 6.54. The molecule has 0 amide bonds. The van der Waals surface area contributed by atoms with Crippen LogP contribution in [0.2, 0.25) is 0 Å². The van der Waals surface area contributed by atoms with Gasteiger partial charge in [0.15, 0.2) is 0 Å². The van der Waals surface area contributed by atoms with Crippen LogP contribution < -0.4 is 4.90 Å². The summed E-state index contributed by atoms with van der Waals surface area (Å²) in [6.45, 7) is 4.71. The SMILES string of the molecule is CC1(C)c2ccccc2-c2ccc(N(c3ccc4c(c3)oc3ccccc34)c3cccc(-c4cccc5ccccc45)c3-c3ccc4ccccc4c3)cc21. The Labute approximate surface area is 320 Å². The third-order valence-electron chi connectivity index (χ3n) is 11.8. The minimum atomic E-state index is -0.151. The van der Waals surface area contributed by atoms with Gasteiger partial charge in [-0.1, -0.05) is 153 Å². The third kappa shape index (κ3) is 4.88. The van der Waals surface area contributed by atoms with Crippen LogP contribution in [0.25, 0.3) is 76.9 Å². The van der Waals surface area contributed by atoms with Gasteiger partial charge < -0.3 is 9.32 Å². The molecule has 260 valence electrons. The first kappa shape index (κ1) is 31.6. The van der Waals surface area contributed by atoms with Crippen molar-refractivity contribution in [1.29, 1.82) is 0 Å². The van der Waals surface area contributed by atoms with Crippen LogP contribution in [0.3, 0.4) is 0 Å². The second-order valence-electron chi connectivity index (χ2n) is 15.3. The van der Waals surface area contributed by atoms with Crippen LogP contribution in [-0.2, 0) is 5.41 Å². The molecular formula is C53H37NO. The fourth-order valence-corrected chi connectivity index (χ4v) is 9.17. The van der Waals surface area contributed by atoms with Gasteiger partial charge in [-0.15, -0.1) is 0 Å². The van der Waals surface area contributed by atoms with E-state index in [0.717, 1.165) is 39.0 Å². The van der Waals surface area contributed by atoms with Crippen molar-refractivity contribution in [2.45, 2.75) is 19.3 Å². The van der Waals surface area contributed by atoms with Gasteiger partial charge >= 0.3 is 0 Å². The number of benzene rings is 9. The maximum Gasteiger partial charge on any atom is 0.137 e. The van der Waals surface area contributed by atoms with Crippen molar-refractivity contribution in [3.63, 3.8) is 0 Å². The molecular weight excluding hydrogens is 667 g/mol. The molecule has 0 bridgehead atoms. The number of nitrogens with zero attached hydrogens (tertiary/aromatic N) is 1. The molecule has 9 aromatic carbocycles. The van der Waals surface area contributed by atoms with E-state index in [9.17, 15) is 0 Å². The van der Waals surface area contributed by atoms with Crippen molar-refractivity contribution in [2.24, 2.45) is 0 Å². The number of hydrogen-bond acceptors (Lipinski definition) is 2. The molecule has 1 aliphatic carbocycles. The Morgan fingerprint density at radius 3 is 1.95 bits per heavy atom. The highest BCUT2D eigenvalue weighted by Gasteiger charge is 2.36. The van der Waals surface area contributed by atoms with E-state index >= 15 is 0 Å². The lowest BCUT2D eigenvalue weighted by atomic mass is 9.82. The van der Waals surface area contributed by atoms with Crippen molar-refractivity contribution in [3.05, 3.63) is 199 Å². The number of fused-ring (bicyclic) bond motifs is 8. The standard InChI is InChI=1S/C53H37NO/c1-53(2)47-22-9-7-18-42(47)43-29-27-38(32-48(43)53)54(39-28-30-45-44-19-8-10-24-50(44)55-51(45)33-39)49-23-12-21-46(41-20-11-16-35-14-5-6-17-40(35)41)52(49)37-26-25-34-13-3-4-15-36(34)31-37/h3-33H,1-2H3. The van der Waals surface area contributed by atoms with E-state index in [2.05, 4.69) is 201 Å². The highest BCUT2D eigenvalue weighted by atomic mass is 16.3. The predicted molar refractivity (Wildman–Crippen MR) is 232 cm³/mol. The third-order valence-corrected chi connectivity index (χ3v) is 11.8. The normalized spacial score (nSPS) is 13.1. The van der Waals surface area contributed by atoms with Crippen LogP contribution in [0.4, 0.5) is 17.1 Å². The van der Waals surface area contributed by atoms with E-state index in [1.54, 1.807) is 0 Å². The van der Waals surface area contributed by atoms with Crippen molar-refractivity contribution in [1.82, 2.24) is 0 Å².